The van der Waals surface area contributed by atoms with E-state index in [0.29, 0.717) is 0 Å². The summed E-state index contributed by atoms with van der Waals surface area (Å²) in [4.78, 5) is 56.4. The molecule has 0 radical (unpaired) electrons. The van der Waals surface area contributed by atoms with Crippen molar-refractivity contribution in [3.63, 3.8) is 0 Å². The predicted molar refractivity (Wildman–Crippen MR) is 148 cm³/mol. The highest BCUT2D eigenvalue weighted by Gasteiger charge is 2.55. The molecule has 2 bridgehead atoms. The van der Waals surface area contributed by atoms with Gasteiger partial charge >= 0.3 is 15.6 Å². The number of phosphoric ester groups is 2. The summed E-state index contributed by atoms with van der Waals surface area (Å²) in [7, 11) is -10.4. The van der Waals surface area contributed by atoms with Crippen LogP contribution in [0.4, 0.5) is 14.6 Å². The molecule has 21 nitrogen and oxygen atoms in total. The standard InChI is InChI=1S/C22H22F2N10O11P2/c23-10-8-3-40-46(36,37)44-14-9(43-20(11(14)24)33-6-29-12-16(25)27-5-28-17(12)33)4-41-47(38,39)45-15(10)21(42-8)34-7-30-13-18(35)31-22-26-1-2-32(22)19(13)34/h1-2,5-11,14-15,20-21H,3-4H2,(H,36,37)(H,38,39)(H2,25,27,28)(H,26,31,35)/t8-,9-,10-,11-,14-,15-,20-,21-/m1/s1. The highest BCUT2D eigenvalue weighted by Crippen LogP contribution is 2.54. The second-order valence-corrected chi connectivity index (χ2v) is 13.5. The van der Waals surface area contributed by atoms with E-state index < -0.39 is 83.6 Å². The average molecular weight is 702 g/mol. The van der Waals surface area contributed by atoms with Crippen LogP contribution in [0.25, 0.3) is 28.1 Å². The maximum absolute atomic E-state index is 15.9. The summed E-state index contributed by atoms with van der Waals surface area (Å²) in [5.41, 5.74) is 5.27. The van der Waals surface area contributed by atoms with Crippen LogP contribution in [0.15, 0.2) is 36.2 Å². The summed E-state index contributed by atoms with van der Waals surface area (Å²) >= 11 is 0. The van der Waals surface area contributed by atoms with Gasteiger partial charge in [0.05, 0.1) is 25.9 Å². The number of hydrogen-bond acceptors (Lipinski definition) is 15. The highest BCUT2D eigenvalue weighted by molar-refractivity contribution is 7.47. The van der Waals surface area contributed by atoms with Crippen LogP contribution in [0.1, 0.15) is 12.5 Å². The normalized spacial score (nSPS) is 36.8. The van der Waals surface area contributed by atoms with Gasteiger partial charge in [0.2, 0.25) is 5.78 Å². The van der Waals surface area contributed by atoms with Crippen LogP contribution in [0, 0.1) is 0 Å². The van der Waals surface area contributed by atoms with Crippen molar-refractivity contribution in [2.45, 2.75) is 49.2 Å². The number of ether oxygens (including phenoxy) is 2. The molecule has 47 heavy (non-hydrogen) atoms. The Balaban J connectivity index is 1.13. The van der Waals surface area contributed by atoms with Crippen LogP contribution in [-0.2, 0) is 36.7 Å². The number of hydrogen-bond donors (Lipinski definition) is 4. The summed E-state index contributed by atoms with van der Waals surface area (Å²) in [6, 6.07) is 0. The Morgan fingerprint density at radius 1 is 0.872 bits per heavy atom. The topological polar surface area (TPSA) is 268 Å². The van der Waals surface area contributed by atoms with Crippen LogP contribution in [0.2, 0.25) is 0 Å². The smallest absolute Gasteiger partial charge is 0.382 e. The summed E-state index contributed by atoms with van der Waals surface area (Å²) < 4.78 is 93.8. The van der Waals surface area contributed by atoms with Crippen LogP contribution in [0.3, 0.4) is 0 Å². The number of rotatable bonds is 2. The van der Waals surface area contributed by atoms with Crippen molar-refractivity contribution in [2.24, 2.45) is 0 Å². The van der Waals surface area contributed by atoms with E-state index in [0.717, 1.165) is 28.1 Å². The number of nitrogens with two attached hydrogens (primary N) is 1. The second kappa shape index (κ2) is 10.9. The van der Waals surface area contributed by atoms with E-state index in [2.05, 4.69) is 29.9 Å². The van der Waals surface area contributed by atoms with Crippen molar-refractivity contribution >= 4 is 49.6 Å². The SMILES string of the molecule is Nc1ncnc2c1ncn2[C@@H]1O[C@@H]2COP(=O)(O)O[C@@H]3[C@H](F)[C@@H](COP(=O)(O)O[C@H]2[C@H]1F)O[C@H]3n1cnc2c(=O)[nH]c3nccn3c21. The fraction of sp³-hybridized carbons (Fsp3) is 0.455. The number of imidazole rings is 3. The van der Waals surface area contributed by atoms with Gasteiger partial charge in [0.15, 0.2) is 47.4 Å². The van der Waals surface area contributed by atoms with E-state index in [-0.39, 0.29) is 33.9 Å². The number of fused-ring (bicyclic) bond motifs is 7. The van der Waals surface area contributed by atoms with Gasteiger partial charge in [-0.2, -0.15) is 0 Å². The van der Waals surface area contributed by atoms with Crippen molar-refractivity contribution in [2.75, 3.05) is 18.9 Å². The van der Waals surface area contributed by atoms with Gasteiger partial charge in [-0.25, -0.2) is 42.8 Å². The van der Waals surface area contributed by atoms with E-state index >= 15 is 8.78 Å². The van der Waals surface area contributed by atoms with E-state index in [4.69, 9.17) is 33.3 Å². The molecule has 3 aliphatic heterocycles. The monoisotopic (exact) mass is 702 g/mol. The number of alkyl halides is 2. The van der Waals surface area contributed by atoms with Crippen molar-refractivity contribution < 1.29 is 55.3 Å². The highest BCUT2D eigenvalue weighted by atomic mass is 31.2. The number of H-pyrrole nitrogens is 1. The van der Waals surface area contributed by atoms with Crippen LogP contribution in [-0.4, -0.2) is 103 Å². The molecule has 10 atom stereocenters. The lowest BCUT2D eigenvalue weighted by Crippen LogP contribution is -2.34. The molecule has 0 spiro atoms. The Morgan fingerprint density at radius 2 is 1.55 bits per heavy atom. The van der Waals surface area contributed by atoms with Crippen molar-refractivity contribution in [1.29, 1.82) is 0 Å². The summed E-state index contributed by atoms with van der Waals surface area (Å²) in [6.45, 7) is -1.91. The molecule has 250 valence electrons. The average Bonchev–Trinajstić information content (AvgIpc) is 3.84. The van der Waals surface area contributed by atoms with Gasteiger partial charge in [0.25, 0.3) is 5.56 Å². The molecular weight excluding hydrogens is 680 g/mol. The fourth-order valence-electron chi connectivity index (χ4n) is 5.77. The van der Waals surface area contributed by atoms with Gasteiger partial charge in [-0.3, -0.25) is 41.4 Å². The number of nitrogens with zero attached hydrogens (tertiary/aromatic N) is 8. The Labute approximate surface area is 258 Å². The number of halogens is 2. The van der Waals surface area contributed by atoms with Gasteiger partial charge < -0.3 is 25.0 Å². The molecule has 5 aromatic rings. The molecule has 25 heteroatoms. The lowest BCUT2D eigenvalue weighted by Gasteiger charge is -2.25. The maximum atomic E-state index is 15.9. The number of aromatic amines is 1. The first kappa shape index (κ1) is 30.6. The summed E-state index contributed by atoms with van der Waals surface area (Å²) in [6.07, 6.45) is -8.69. The van der Waals surface area contributed by atoms with Crippen LogP contribution in [0.5, 0.6) is 0 Å². The number of anilines is 1. The van der Waals surface area contributed by atoms with Crippen molar-refractivity contribution in [1.82, 2.24) is 43.4 Å². The third kappa shape index (κ3) is 5.06. The third-order valence-corrected chi connectivity index (χ3v) is 9.83. The van der Waals surface area contributed by atoms with Gasteiger partial charge in [0.1, 0.15) is 36.3 Å². The Morgan fingerprint density at radius 3 is 2.34 bits per heavy atom. The first-order valence-electron chi connectivity index (χ1n) is 13.7. The Bertz CT molecular complexity index is 2180. The summed E-state index contributed by atoms with van der Waals surface area (Å²) in [5, 5.41) is 0. The molecule has 5 aromatic heterocycles. The predicted octanol–water partition coefficient (Wildman–Crippen LogP) is 0.283. The molecule has 8 rings (SSSR count). The lowest BCUT2D eigenvalue weighted by atomic mass is 10.1. The summed E-state index contributed by atoms with van der Waals surface area (Å²) in [5.74, 6) is 0.0884. The number of nitrogen functional groups attached to an aromatic ring is 1. The molecule has 0 aliphatic carbocycles. The van der Waals surface area contributed by atoms with Gasteiger partial charge in [-0.05, 0) is 0 Å². The molecule has 0 saturated carbocycles. The number of phosphoric acid groups is 2. The molecule has 3 aliphatic rings. The maximum Gasteiger partial charge on any atom is 0.472 e. The second-order valence-electron chi connectivity index (χ2n) is 10.7. The molecule has 0 amide bonds. The van der Waals surface area contributed by atoms with Gasteiger partial charge in [-0.15, -0.1) is 0 Å². The molecule has 5 N–H and O–H groups in total. The lowest BCUT2D eigenvalue weighted by molar-refractivity contribution is -0.0670. The van der Waals surface area contributed by atoms with E-state index in [9.17, 15) is 23.7 Å². The van der Waals surface area contributed by atoms with E-state index in [1.807, 2.05) is 0 Å². The zero-order valence-corrected chi connectivity index (χ0v) is 25.1. The Kier molecular flexibility index (Phi) is 7.08. The van der Waals surface area contributed by atoms with Crippen LogP contribution < -0.4 is 11.3 Å². The van der Waals surface area contributed by atoms with E-state index in [1.165, 1.54) is 16.8 Å². The molecule has 8 heterocycles. The van der Waals surface area contributed by atoms with Crippen molar-refractivity contribution in [3.8, 4) is 0 Å². The third-order valence-electron chi connectivity index (χ3n) is 7.86. The minimum atomic E-state index is -5.24. The minimum absolute atomic E-state index is 0.0119. The zero-order valence-electron chi connectivity index (χ0n) is 23.3. The van der Waals surface area contributed by atoms with Crippen LogP contribution >= 0.6 is 15.6 Å². The molecule has 3 saturated heterocycles. The number of aromatic nitrogens is 9. The zero-order chi connectivity index (χ0) is 32.8. The Hall–Kier alpha value is -3.76. The van der Waals surface area contributed by atoms with Gasteiger partial charge in [0, 0.05) is 12.4 Å². The molecule has 0 aromatic carbocycles. The van der Waals surface area contributed by atoms with E-state index in [1.54, 1.807) is 0 Å². The number of nitrogens with one attached hydrogen (secondary N) is 1. The molecule has 3 fully saturated rings. The fourth-order valence-corrected chi connectivity index (χ4v) is 7.65. The quantitative estimate of drug-likeness (QED) is 0.180. The first-order valence-corrected chi connectivity index (χ1v) is 16.7. The minimum Gasteiger partial charge on any atom is -0.382 e. The van der Waals surface area contributed by atoms with Gasteiger partial charge in [-0.1, -0.05) is 0 Å². The first-order chi connectivity index (χ1) is 22.4. The molecular formula is C22H22F2N10O11P2. The molecule has 2 unspecified atom stereocenters. The largest absolute Gasteiger partial charge is 0.472 e. The van der Waals surface area contributed by atoms with Crippen molar-refractivity contribution in [3.05, 3.63) is 41.7 Å².